The number of methoxy groups -OCH3 is 2. The van der Waals surface area contributed by atoms with E-state index in [1.54, 1.807) is 38.5 Å². The zero-order valence-corrected chi connectivity index (χ0v) is 13.7. The second-order valence-electron chi connectivity index (χ2n) is 4.80. The summed E-state index contributed by atoms with van der Waals surface area (Å²) in [6.45, 7) is 0. The maximum absolute atomic E-state index is 8.86. The molecule has 3 aromatic carbocycles. The second-order valence-corrected chi connectivity index (χ2v) is 4.80. The molecular weight excluding hydrogens is 304 g/mol. The van der Waals surface area contributed by atoms with E-state index in [9.17, 15) is 0 Å². The summed E-state index contributed by atoms with van der Waals surface area (Å²) in [6.07, 6.45) is 0. The van der Waals surface area contributed by atoms with Crippen LogP contribution in [0.25, 0.3) is 0 Å². The number of rotatable bonds is 4. The van der Waals surface area contributed by atoms with Crippen LogP contribution in [0.4, 0.5) is 0 Å². The molecule has 0 radical (unpaired) electrons. The molecule has 4 nitrogen and oxygen atoms in total. The van der Waals surface area contributed by atoms with Crippen molar-refractivity contribution in [3.63, 3.8) is 0 Å². The van der Waals surface area contributed by atoms with Gasteiger partial charge in [-0.2, -0.15) is 0 Å². The highest BCUT2D eigenvalue weighted by atomic mass is 16.5. The monoisotopic (exact) mass is 324 g/mol. The molecule has 1 N–H and O–H groups in total. The molecule has 3 rings (SSSR count). The van der Waals surface area contributed by atoms with Crippen LogP contribution in [-0.4, -0.2) is 19.3 Å². The van der Waals surface area contributed by atoms with E-state index in [1.807, 2.05) is 54.6 Å². The van der Waals surface area contributed by atoms with E-state index in [0.717, 1.165) is 17.2 Å². The van der Waals surface area contributed by atoms with Gasteiger partial charge in [-0.15, -0.1) is 0 Å². The highest BCUT2D eigenvalue weighted by Gasteiger charge is 1.97. The normalized spacial score (nSPS) is 9.42. The molecule has 0 fully saturated rings. The Hall–Kier alpha value is -3.14. The van der Waals surface area contributed by atoms with Gasteiger partial charge in [0.1, 0.15) is 28.7 Å². The number of hydrogen-bond donors (Lipinski definition) is 1. The lowest BCUT2D eigenvalue weighted by Gasteiger charge is -2.06. The van der Waals surface area contributed by atoms with Crippen molar-refractivity contribution in [2.24, 2.45) is 0 Å². The van der Waals surface area contributed by atoms with E-state index in [1.165, 1.54) is 0 Å². The van der Waals surface area contributed by atoms with Crippen LogP contribution in [0.2, 0.25) is 0 Å². The standard InChI is InChI=1S/C13H12O2.C7H8O2/c1-14-12-8-5-9-13(10-12)15-11-6-3-2-4-7-11;1-9-7-4-2-3-6(8)5-7/h2-10H,1H3;2-5,8H,1H3. The van der Waals surface area contributed by atoms with Gasteiger partial charge in [0.2, 0.25) is 0 Å². The summed E-state index contributed by atoms with van der Waals surface area (Å²) in [5.74, 6) is 3.30. The van der Waals surface area contributed by atoms with Gasteiger partial charge in [0.25, 0.3) is 0 Å². The first kappa shape index (κ1) is 17.2. The molecule has 0 heterocycles. The fourth-order valence-electron chi connectivity index (χ4n) is 1.90. The number of para-hydroxylation sites is 1. The highest BCUT2D eigenvalue weighted by molar-refractivity contribution is 5.36. The molecule has 0 saturated heterocycles. The van der Waals surface area contributed by atoms with Crippen molar-refractivity contribution in [2.45, 2.75) is 0 Å². The van der Waals surface area contributed by atoms with E-state index in [2.05, 4.69) is 0 Å². The van der Waals surface area contributed by atoms with Crippen molar-refractivity contribution >= 4 is 0 Å². The first-order chi connectivity index (χ1) is 11.7. The largest absolute Gasteiger partial charge is 0.508 e. The highest BCUT2D eigenvalue weighted by Crippen LogP contribution is 2.24. The average molecular weight is 324 g/mol. The molecule has 0 aliphatic carbocycles. The van der Waals surface area contributed by atoms with Crippen LogP contribution in [-0.2, 0) is 0 Å². The summed E-state index contributed by atoms with van der Waals surface area (Å²) in [5, 5.41) is 8.86. The van der Waals surface area contributed by atoms with Gasteiger partial charge in [-0.05, 0) is 36.4 Å². The number of aromatic hydroxyl groups is 1. The van der Waals surface area contributed by atoms with Gasteiger partial charge in [-0.3, -0.25) is 0 Å². The van der Waals surface area contributed by atoms with Gasteiger partial charge in [0.15, 0.2) is 0 Å². The van der Waals surface area contributed by atoms with E-state index in [0.29, 0.717) is 5.75 Å². The zero-order chi connectivity index (χ0) is 17.2. The number of ether oxygens (including phenoxy) is 3. The second kappa shape index (κ2) is 9.10. The lowest BCUT2D eigenvalue weighted by molar-refractivity contribution is 0.407. The van der Waals surface area contributed by atoms with Crippen LogP contribution in [0.15, 0.2) is 78.9 Å². The molecule has 0 spiro atoms. The predicted molar refractivity (Wildman–Crippen MR) is 94.2 cm³/mol. The predicted octanol–water partition coefficient (Wildman–Crippen LogP) is 4.89. The van der Waals surface area contributed by atoms with Crippen LogP contribution in [0.1, 0.15) is 0 Å². The molecule has 0 unspecified atom stereocenters. The van der Waals surface area contributed by atoms with Gasteiger partial charge in [0, 0.05) is 12.1 Å². The number of phenols is 1. The lowest BCUT2D eigenvalue weighted by Crippen LogP contribution is -1.85. The molecule has 0 saturated carbocycles. The van der Waals surface area contributed by atoms with Crippen molar-refractivity contribution in [3.8, 4) is 28.7 Å². The Kier molecular flexibility index (Phi) is 6.53. The Balaban J connectivity index is 0.000000198. The molecule has 3 aromatic rings. The summed E-state index contributed by atoms with van der Waals surface area (Å²) in [5.41, 5.74) is 0. The minimum Gasteiger partial charge on any atom is -0.508 e. The maximum atomic E-state index is 8.86. The summed E-state index contributed by atoms with van der Waals surface area (Å²) < 4.78 is 15.6. The molecule has 124 valence electrons. The molecule has 0 aliphatic heterocycles. The van der Waals surface area contributed by atoms with Gasteiger partial charge < -0.3 is 19.3 Å². The SMILES string of the molecule is COc1cccc(O)c1.COc1cccc(Oc2ccccc2)c1. The van der Waals surface area contributed by atoms with E-state index >= 15 is 0 Å². The van der Waals surface area contributed by atoms with Gasteiger partial charge >= 0.3 is 0 Å². The molecule has 0 aliphatic rings. The molecule has 24 heavy (non-hydrogen) atoms. The molecule has 0 atom stereocenters. The summed E-state index contributed by atoms with van der Waals surface area (Å²) in [6, 6.07) is 23.9. The quantitative estimate of drug-likeness (QED) is 0.742. The number of hydrogen-bond acceptors (Lipinski definition) is 4. The van der Waals surface area contributed by atoms with E-state index < -0.39 is 0 Å². The first-order valence-electron chi connectivity index (χ1n) is 7.41. The van der Waals surface area contributed by atoms with Crippen molar-refractivity contribution in [2.75, 3.05) is 14.2 Å². The van der Waals surface area contributed by atoms with E-state index in [4.69, 9.17) is 19.3 Å². The van der Waals surface area contributed by atoms with Gasteiger partial charge in [0.05, 0.1) is 14.2 Å². The smallest absolute Gasteiger partial charge is 0.131 e. The molecule has 0 amide bonds. The van der Waals surface area contributed by atoms with Crippen molar-refractivity contribution < 1.29 is 19.3 Å². The zero-order valence-electron chi connectivity index (χ0n) is 13.7. The minimum absolute atomic E-state index is 0.231. The maximum Gasteiger partial charge on any atom is 0.131 e. The van der Waals surface area contributed by atoms with Crippen LogP contribution in [0, 0.1) is 0 Å². The number of benzene rings is 3. The van der Waals surface area contributed by atoms with Gasteiger partial charge in [-0.25, -0.2) is 0 Å². The van der Waals surface area contributed by atoms with E-state index in [-0.39, 0.29) is 5.75 Å². The van der Waals surface area contributed by atoms with Crippen molar-refractivity contribution in [1.29, 1.82) is 0 Å². The molecular formula is C20H20O4. The third kappa shape index (κ3) is 5.57. The van der Waals surface area contributed by atoms with Crippen LogP contribution < -0.4 is 14.2 Å². The Labute approximate surface area is 141 Å². The Morgan fingerprint density at radius 1 is 0.583 bits per heavy atom. The summed E-state index contributed by atoms with van der Waals surface area (Å²) in [7, 11) is 3.20. The topological polar surface area (TPSA) is 47.9 Å². The van der Waals surface area contributed by atoms with Crippen LogP contribution in [0.5, 0.6) is 28.7 Å². The Bertz CT molecular complexity index is 741. The summed E-state index contributed by atoms with van der Waals surface area (Å²) in [4.78, 5) is 0. The third-order valence-electron chi connectivity index (χ3n) is 3.07. The molecule has 0 bridgehead atoms. The first-order valence-corrected chi connectivity index (χ1v) is 7.41. The average Bonchev–Trinajstić information content (AvgIpc) is 2.63. The van der Waals surface area contributed by atoms with Crippen molar-refractivity contribution in [3.05, 3.63) is 78.9 Å². The Morgan fingerprint density at radius 2 is 1.12 bits per heavy atom. The van der Waals surface area contributed by atoms with Crippen molar-refractivity contribution in [1.82, 2.24) is 0 Å². The third-order valence-corrected chi connectivity index (χ3v) is 3.07. The fourth-order valence-corrected chi connectivity index (χ4v) is 1.90. The van der Waals surface area contributed by atoms with Crippen LogP contribution in [0.3, 0.4) is 0 Å². The number of phenolic OH excluding ortho intramolecular Hbond substituents is 1. The van der Waals surface area contributed by atoms with Gasteiger partial charge in [-0.1, -0.05) is 30.3 Å². The van der Waals surface area contributed by atoms with Crippen LogP contribution >= 0.6 is 0 Å². The molecule has 0 aromatic heterocycles. The Morgan fingerprint density at radius 3 is 1.71 bits per heavy atom. The lowest BCUT2D eigenvalue weighted by atomic mass is 10.3. The minimum atomic E-state index is 0.231. The summed E-state index contributed by atoms with van der Waals surface area (Å²) >= 11 is 0. The molecule has 4 heteroatoms. The fraction of sp³-hybridized carbons (Fsp3) is 0.100.